The van der Waals surface area contributed by atoms with Crippen LogP contribution in [0.4, 0.5) is 0 Å². The van der Waals surface area contributed by atoms with Crippen molar-refractivity contribution in [3.63, 3.8) is 0 Å². The highest BCUT2D eigenvalue weighted by molar-refractivity contribution is 6.84. The van der Waals surface area contributed by atoms with Crippen LogP contribution in [0.25, 0.3) is 0 Å². The minimum Gasteiger partial charge on any atom is -0.439 e. The van der Waals surface area contributed by atoms with Gasteiger partial charge in [0, 0.05) is 0 Å². The van der Waals surface area contributed by atoms with E-state index in [9.17, 15) is 0 Å². The summed E-state index contributed by atoms with van der Waals surface area (Å²) in [6.07, 6.45) is 0. The summed E-state index contributed by atoms with van der Waals surface area (Å²) < 4.78 is 12.3. The van der Waals surface area contributed by atoms with E-state index in [0.717, 1.165) is 0 Å². The molecule has 1 unspecified atom stereocenters. The molecule has 0 spiro atoms. The molecule has 0 aliphatic carbocycles. The number of hydrogen-bond acceptors (Lipinski definition) is 2. The van der Waals surface area contributed by atoms with Gasteiger partial charge in [-0.05, 0) is 44.8 Å². The SMILES string of the molecule is CC(C)[SiH](C)O[Si](C)(C)O[Si](C)(C)C. The molecule has 0 radical (unpaired) electrons. The van der Waals surface area contributed by atoms with Crippen LogP contribution in [0.1, 0.15) is 13.8 Å². The van der Waals surface area contributed by atoms with Gasteiger partial charge >= 0.3 is 8.56 Å². The monoisotopic (exact) mass is 250 g/mol. The molecule has 0 amide bonds. The Morgan fingerprint density at radius 2 is 1.43 bits per heavy atom. The first kappa shape index (κ1) is 14.6. The van der Waals surface area contributed by atoms with Gasteiger partial charge < -0.3 is 8.23 Å². The molecule has 0 fully saturated rings. The van der Waals surface area contributed by atoms with Crippen LogP contribution >= 0.6 is 0 Å². The molecule has 0 rings (SSSR count). The van der Waals surface area contributed by atoms with Crippen molar-refractivity contribution in [1.82, 2.24) is 0 Å². The van der Waals surface area contributed by atoms with Gasteiger partial charge in [-0.1, -0.05) is 13.8 Å². The molecule has 0 saturated carbocycles. The molecule has 0 bridgehead atoms. The van der Waals surface area contributed by atoms with Gasteiger partial charge in [0.05, 0.1) is 0 Å². The minimum atomic E-state index is -1.84. The van der Waals surface area contributed by atoms with E-state index in [2.05, 4.69) is 53.1 Å². The largest absolute Gasteiger partial charge is 0.439 e. The van der Waals surface area contributed by atoms with Crippen molar-refractivity contribution >= 4 is 25.9 Å². The summed E-state index contributed by atoms with van der Waals surface area (Å²) in [5.74, 6) is 0. The van der Waals surface area contributed by atoms with E-state index < -0.39 is 25.9 Å². The lowest BCUT2D eigenvalue weighted by Crippen LogP contribution is -2.48. The van der Waals surface area contributed by atoms with Gasteiger partial charge in [0.2, 0.25) is 0 Å². The van der Waals surface area contributed by atoms with Crippen LogP contribution in [0, 0.1) is 0 Å². The van der Waals surface area contributed by atoms with Crippen molar-refractivity contribution in [2.24, 2.45) is 0 Å². The van der Waals surface area contributed by atoms with Crippen LogP contribution < -0.4 is 0 Å². The number of hydrogen-bond donors (Lipinski definition) is 0. The van der Waals surface area contributed by atoms with E-state index in [1.165, 1.54) is 0 Å². The third-order valence-electron chi connectivity index (χ3n) is 1.96. The zero-order chi connectivity index (χ0) is 11.6. The van der Waals surface area contributed by atoms with Crippen molar-refractivity contribution in [2.75, 3.05) is 0 Å². The fourth-order valence-corrected chi connectivity index (χ4v) is 12.5. The molecular weight excluding hydrogens is 224 g/mol. The third-order valence-corrected chi connectivity index (χ3v) is 12.0. The first-order chi connectivity index (χ1) is 6.03. The Labute approximate surface area is 93.1 Å². The standard InChI is InChI=1S/C9H26O2Si3/c1-9(2)12(3)10-14(7,8)11-13(4,5)6/h9,12H,1-8H3. The lowest BCUT2D eigenvalue weighted by molar-refractivity contribution is 0.398. The average Bonchev–Trinajstić information content (AvgIpc) is 1.78. The molecule has 0 heterocycles. The van der Waals surface area contributed by atoms with Crippen molar-refractivity contribution in [3.8, 4) is 0 Å². The molecule has 14 heavy (non-hydrogen) atoms. The van der Waals surface area contributed by atoms with Gasteiger partial charge in [0.1, 0.15) is 0 Å². The van der Waals surface area contributed by atoms with Crippen LogP contribution in [0.5, 0.6) is 0 Å². The van der Waals surface area contributed by atoms with Crippen LogP contribution in [-0.2, 0) is 8.23 Å². The van der Waals surface area contributed by atoms with Gasteiger partial charge in [0.15, 0.2) is 17.4 Å². The van der Waals surface area contributed by atoms with Crippen LogP contribution in [0.2, 0.25) is 44.8 Å². The van der Waals surface area contributed by atoms with E-state index in [0.29, 0.717) is 5.54 Å². The molecule has 1 atom stereocenters. The van der Waals surface area contributed by atoms with Crippen LogP contribution in [0.3, 0.4) is 0 Å². The summed E-state index contributed by atoms with van der Waals surface area (Å²) in [6, 6.07) is 0. The maximum absolute atomic E-state index is 6.17. The minimum absolute atomic E-state index is 0.701. The molecule has 5 heteroatoms. The number of rotatable bonds is 5. The molecule has 0 aromatic rings. The topological polar surface area (TPSA) is 18.5 Å². The normalized spacial score (nSPS) is 16.1. The molecule has 2 nitrogen and oxygen atoms in total. The fraction of sp³-hybridized carbons (Fsp3) is 1.00. The van der Waals surface area contributed by atoms with E-state index in [1.54, 1.807) is 0 Å². The zero-order valence-electron chi connectivity index (χ0n) is 11.0. The van der Waals surface area contributed by atoms with E-state index >= 15 is 0 Å². The Hall–Kier alpha value is 0.571. The highest BCUT2D eigenvalue weighted by Gasteiger charge is 2.33. The van der Waals surface area contributed by atoms with Gasteiger partial charge in [0.25, 0.3) is 0 Å². The summed E-state index contributed by atoms with van der Waals surface area (Å²) in [5.41, 5.74) is 0.701. The van der Waals surface area contributed by atoms with Crippen molar-refractivity contribution in [2.45, 2.75) is 58.7 Å². The van der Waals surface area contributed by atoms with Gasteiger partial charge in [-0.3, -0.25) is 0 Å². The molecule has 0 N–H and O–H groups in total. The fourth-order valence-electron chi connectivity index (χ4n) is 1.35. The Bertz CT molecular complexity index is 175. The Balaban J connectivity index is 4.20. The second-order valence-corrected chi connectivity index (χ2v) is 17.2. The maximum Gasteiger partial charge on any atom is 0.310 e. The molecular formula is C9H26O2Si3. The third kappa shape index (κ3) is 6.94. The molecule has 86 valence electrons. The molecule has 0 aliphatic heterocycles. The summed E-state index contributed by atoms with van der Waals surface area (Å²) in [4.78, 5) is 0. The Kier molecular flexibility index (Phi) is 5.27. The Morgan fingerprint density at radius 3 is 1.71 bits per heavy atom. The second-order valence-electron chi connectivity index (χ2n) is 5.68. The molecule has 0 aromatic carbocycles. The van der Waals surface area contributed by atoms with E-state index in [4.69, 9.17) is 8.23 Å². The highest BCUT2D eigenvalue weighted by Crippen LogP contribution is 2.19. The lowest BCUT2D eigenvalue weighted by atomic mass is 10.6. The lowest BCUT2D eigenvalue weighted by Gasteiger charge is -2.34. The summed E-state index contributed by atoms with van der Waals surface area (Å²) in [7, 11) is -4.31. The first-order valence-corrected chi connectivity index (χ1v) is 13.9. The highest BCUT2D eigenvalue weighted by atomic mass is 28.5. The average molecular weight is 251 g/mol. The predicted molar refractivity (Wildman–Crippen MR) is 71.1 cm³/mol. The van der Waals surface area contributed by atoms with Gasteiger partial charge in [-0.25, -0.2) is 0 Å². The van der Waals surface area contributed by atoms with Crippen molar-refractivity contribution in [1.29, 1.82) is 0 Å². The van der Waals surface area contributed by atoms with Gasteiger partial charge in [-0.2, -0.15) is 0 Å². The van der Waals surface area contributed by atoms with E-state index in [-0.39, 0.29) is 0 Å². The summed E-state index contributed by atoms with van der Waals surface area (Å²) >= 11 is 0. The Morgan fingerprint density at radius 1 is 1.00 bits per heavy atom. The second kappa shape index (κ2) is 5.07. The zero-order valence-corrected chi connectivity index (χ0v) is 14.1. The molecule has 0 aliphatic rings. The summed E-state index contributed by atoms with van der Waals surface area (Å²) in [5, 5.41) is 0. The smallest absolute Gasteiger partial charge is 0.310 e. The van der Waals surface area contributed by atoms with E-state index in [1.807, 2.05) is 0 Å². The summed E-state index contributed by atoms with van der Waals surface area (Å²) in [6.45, 7) is 17.8. The maximum atomic E-state index is 6.17. The molecule has 0 aromatic heterocycles. The van der Waals surface area contributed by atoms with Gasteiger partial charge in [-0.15, -0.1) is 0 Å². The van der Waals surface area contributed by atoms with Crippen LogP contribution in [-0.4, -0.2) is 25.9 Å². The predicted octanol–water partition coefficient (Wildman–Crippen LogP) is 3.32. The van der Waals surface area contributed by atoms with Crippen molar-refractivity contribution in [3.05, 3.63) is 0 Å². The van der Waals surface area contributed by atoms with Crippen LogP contribution in [0.15, 0.2) is 0 Å². The van der Waals surface area contributed by atoms with Crippen molar-refractivity contribution < 1.29 is 8.23 Å². The quantitative estimate of drug-likeness (QED) is 0.697. The first-order valence-electron chi connectivity index (χ1n) is 5.41. The molecule has 0 saturated heterocycles.